The molecule has 9 aromatic carbocycles. The quantitative estimate of drug-likeness (QED) is 0.0213. The van der Waals surface area contributed by atoms with Gasteiger partial charge in [-0.25, -0.2) is 0 Å². The molecule has 9 rings (SSSR count). The molecule has 0 atom stereocenters. The number of anilines is 2. The number of nitrogens with two attached hydrogens (primary N) is 1. The van der Waals surface area contributed by atoms with Crippen LogP contribution in [-0.2, 0) is 19.6 Å². The van der Waals surface area contributed by atoms with Crippen LogP contribution in [0, 0.1) is 0 Å². The van der Waals surface area contributed by atoms with Crippen molar-refractivity contribution in [2.24, 2.45) is 25.9 Å². The van der Waals surface area contributed by atoms with Crippen LogP contribution in [-0.4, -0.2) is 82.1 Å². The molecule has 9 aromatic rings. The van der Waals surface area contributed by atoms with Gasteiger partial charge in [-0.15, -0.1) is 0 Å². The summed E-state index contributed by atoms with van der Waals surface area (Å²) in [5.74, 6) is -0.805. The molecule has 0 saturated carbocycles. The third kappa shape index (κ3) is 18.6. The topological polar surface area (TPSA) is 269 Å². The summed E-state index contributed by atoms with van der Waals surface area (Å²) < 4.78 is 0. The van der Waals surface area contributed by atoms with Crippen LogP contribution in [0.5, 0.6) is 23.0 Å². The number of nitrogens with zero attached hydrogens (tertiary/aromatic N) is 4. The number of phenolic OH excluding ortho intramolecular Hbond substituents is 4. The van der Waals surface area contributed by atoms with Crippen LogP contribution in [0.3, 0.4) is 0 Å². The van der Waals surface area contributed by atoms with E-state index in [9.17, 15) is 39.6 Å². The Morgan fingerprint density at radius 1 is 0.373 bits per heavy atom. The fourth-order valence-electron chi connectivity index (χ4n) is 7.80. The van der Waals surface area contributed by atoms with E-state index >= 15 is 0 Å². The Hall–Kier alpha value is -10.9. The molecule has 418 valence electrons. The summed E-state index contributed by atoms with van der Waals surface area (Å²) in [7, 11) is 0. The van der Waals surface area contributed by atoms with Crippen molar-refractivity contribution >= 4 is 61.4 Å². The molecule has 0 aliphatic carbocycles. The van der Waals surface area contributed by atoms with E-state index < -0.39 is 11.5 Å². The molecular weight excluding hydrogens is 1050 g/mol. The minimum Gasteiger partial charge on any atom is -0.507 e. The van der Waals surface area contributed by atoms with Crippen LogP contribution in [0.25, 0.3) is 22.3 Å². The second-order valence-electron chi connectivity index (χ2n) is 17.9. The Kier molecular flexibility index (Phi) is 24.2. The molecule has 0 spiro atoms. The Balaban J connectivity index is 0.000000273. The standard InChI is InChI=1S/C42H36N6O2.C16H10O6.C7H9N.C2H6O/c49-41-35(27-43-25-31-13-5-1-6-14-31)21-33(22-36(41)28-44-26-32-15-7-2-8-16-32)34-23-37(29-45-47-39-17-9-3-10-18-39)42(50)38(24-34)30-46-48-40-19-11-4-12-20-40;17-5-11-1-9(2-12(6-18)15(11)21)10-3-13(7-19)16(22)14(4-10)8-20;8-6-7-4-2-1-3-5-7;1-2-3/h1-24,27-30,47-50H,25-26H2;1-8,21-22H;1-5H,6,8H2;3H,2H2,1H3/b43-27?,44-28?,45-29+,46-30+;;;. The van der Waals surface area contributed by atoms with Gasteiger partial charge in [-0.05, 0) is 119 Å². The summed E-state index contributed by atoms with van der Waals surface area (Å²) in [4.78, 5) is 53.1. The van der Waals surface area contributed by atoms with Gasteiger partial charge in [0.05, 0.1) is 59.1 Å². The number of benzene rings is 9. The molecular formula is C67H61N7O9. The summed E-state index contributed by atoms with van der Waals surface area (Å²) in [5, 5.41) is 58.4. The molecule has 0 aromatic heterocycles. The maximum Gasteiger partial charge on any atom is 0.153 e. The highest BCUT2D eigenvalue weighted by molar-refractivity contribution is 5.99. The van der Waals surface area contributed by atoms with Crippen molar-refractivity contribution in [2.75, 3.05) is 17.5 Å². The molecule has 0 amide bonds. The zero-order chi connectivity index (χ0) is 59.2. The second-order valence-corrected chi connectivity index (χ2v) is 17.9. The first kappa shape index (κ1) is 61.3. The van der Waals surface area contributed by atoms with Crippen LogP contribution in [0.4, 0.5) is 11.4 Å². The van der Waals surface area contributed by atoms with Crippen molar-refractivity contribution in [1.82, 2.24) is 0 Å². The zero-order valence-electron chi connectivity index (χ0n) is 45.2. The van der Waals surface area contributed by atoms with E-state index in [0.29, 0.717) is 78.2 Å². The average molecular weight is 1110 g/mol. The first-order valence-electron chi connectivity index (χ1n) is 25.9. The molecule has 0 heterocycles. The number of aliphatic imine (C=N–C) groups is 2. The average Bonchev–Trinajstić information content (AvgIpc) is 3.73. The number of hydrazone groups is 2. The fraction of sp³-hybridized carbons (Fsp3) is 0.0746. The number of hydrogen-bond acceptors (Lipinski definition) is 16. The zero-order valence-corrected chi connectivity index (χ0v) is 45.2. The third-order valence-electron chi connectivity index (χ3n) is 12.0. The molecule has 9 N–H and O–H groups in total. The van der Waals surface area contributed by atoms with E-state index in [1.807, 2.05) is 176 Å². The predicted octanol–water partition coefficient (Wildman–Crippen LogP) is 12.1. The molecule has 0 unspecified atom stereocenters. The van der Waals surface area contributed by atoms with Crippen LogP contribution >= 0.6 is 0 Å². The van der Waals surface area contributed by atoms with Gasteiger partial charge in [0.2, 0.25) is 0 Å². The van der Waals surface area contributed by atoms with Crippen molar-refractivity contribution < 1.29 is 44.7 Å². The Labute approximate surface area is 480 Å². The smallest absolute Gasteiger partial charge is 0.153 e. The summed E-state index contributed by atoms with van der Waals surface area (Å²) in [6, 6.07) is 61.7. The van der Waals surface area contributed by atoms with E-state index in [0.717, 1.165) is 33.6 Å². The van der Waals surface area contributed by atoms with Gasteiger partial charge in [0.15, 0.2) is 25.1 Å². The van der Waals surface area contributed by atoms with Gasteiger partial charge in [0, 0.05) is 47.8 Å². The normalized spacial score (nSPS) is 10.7. The van der Waals surface area contributed by atoms with Gasteiger partial charge in [0.1, 0.15) is 23.0 Å². The Morgan fingerprint density at radius 3 is 0.880 bits per heavy atom. The van der Waals surface area contributed by atoms with Crippen molar-refractivity contribution in [2.45, 2.75) is 26.6 Å². The van der Waals surface area contributed by atoms with Crippen LogP contribution in [0.15, 0.2) is 220 Å². The highest BCUT2D eigenvalue weighted by Crippen LogP contribution is 2.35. The molecule has 0 fully saturated rings. The molecule has 0 aliphatic heterocycles. The first-order valence-corrected chi connectivity index (χ1v) is 25.9. The number of carbonyl (C=O) groups excluding carboxylic acids is 4. The SMILES string of the molecule is CCO.NCc1ccccc1.O=Cc1cc(-c2cc(C=O)c(O)c(C=O)c2)cc(C=O)c1O.Oc1c(C=NCc2ccccc2)cc(-c2cc(/C=N/Nc3ccccc3)c(O)c(/C=N/Nc3ccccc3)c2)cc1C=NCc1ccccc1. The number of hydrogen-bond donors (Lipinski definition) is 8. The van der Waals surface area contributed by atoms with Crippen molar-refractivity contribution in [3.05, 3.63) is 261 Å². The van der Waals surface area contributed by atoms with Crippen molar-refractivity contribution in [1.29, 1.82) is 0 Å². The maximum atomic E-state index is 11.4. The second kappa shape index (κ2) is 32.8. The van der Waals surface area contributed by atoms with E-state index in [4.69, 9.17) is 10.8 Å². The van der Waals surface area contributed by atoms with E-state index in [1.165, 1.54) is 29.8 Å². The minimum absolute atomic E-state index is 0.0130. The summed E-state index contributed by atoms with van der Waals surface area (Å²) >= 11 is 0. The number of carbonyl (C=O) groups is 4. The number of phenols is 4. The van der Waals surface area contributed by atoms with Crippen molar-refractivity contribution in [3.8, 4) is 45.3 Å². The van der Waals surface area contributed by atoms with Gasteiger partial charge < -0.3 is 31.3 Å². The fourth-order valence-corrected chi connectivity index (χ4v) is 7.80. The number of rotatable bonds is 19. The van der Waals surface area contributed by atoms with E-state index in [2.05, 4.69) is 31.0 Å². The Morgan fingerprint density at radius 2 is 0.614 bits per heavy atom. The van der Waals surface area contributed by atoms with Crippen LogP contribution in [0.2, 0.25) is 0 Å². The van der Waals surface area contributed by atoms with Gasteiger partial charge >= 0.3 is 0 Å². The molecule has 16 nitrogen and oxygen atoms in total. The largest absolute Gasteiger partial charge is 0.507 e. The summed E-state index contributed by atoms with van der Waals surface area (Å²) in [6.07, 6.45) is 8.03. The predicted molar refractivity (Wildman–Crippen MR) is 330 cm³/mol. The lowest BCUT2D eigenvalue weighted by Crippen LogP contribution is -1.98. The van der Waals surface area contributed by atoms with Crippen LogP contribution in [0.1, 0.15) is 87.3 Å². The number of aromatic hydroxyl groups is 4. The summed E-state index contributed by atoms with van der Waals surface area (Å²) in [5.41, 5.74) is 20.1. The molecule has 0 radical (unpaired) electrons. The first-order chi connectivity index (χ1) is 40.5. The van der Waals surface area contributed by atoms with E-state index in [1.54, 1.807) is 31.8 Å². The minimum atomic E-state index is -0.446. The lowest BCUT2D eigenvalue weighted by molar-refractivity contribution is 0.110. The molecule has 0 aliphatic rings. The number of aliphatic hydroxyl groups excluding tert-OH is 1. The number of aldehydes is 4. The molecule has 16 heteroatoms. The maximum absolute atomic E-state index is 11.4. The van der Waals surface area contributed by atoms with Gasteiger partial charge in [-0.1, -0.05) is 127 Å². The summed E-state index contributed by atoms with van der Waals surface area (Å²) in [6.45, 7) is 3.50. The van der Waals surface area contributed by atoms with Gasteiger partial charge in [-0.2, -0.15) is 10.2 Å². The molecule has 83 heavy (non-hydrogen) atoms. The van der Waals surface area contributed by atoms with E-state index in [-0.39, 0.29) is 40.4 Å². The highest BCUT2D eigenvalue weighted by Gasteiger charge is 2.16. The van der Waals surface area contributed by atoms with Crippen LogP contribution < -0.4 is 16.6 Å². The number of aliphatic hydroxyl groups is 1. The van der Waals surface area contributed by atoms with Gasteiger partial charge in [-0.3, -0.25) is 40.0 Å². The lowest BCUT2D eigenvalue weighted by atomic mass is 9.95. The number of para-hydroxylation sites is 2. The monoisotopic (exact) mass is 1110 g/mol. The van der Waals surface area contributed by atoms with Gasteiger partial charge in [0.25, 0.3) is 0 Å². The molecule has 0 bridgehead atoms. The third-order valence-corrected chi connectivity index (χ3v) is 12.0. The number of nitrogens with one attached hydrogen (secondary N) is 2. The molecule has 0 saturated heterocycles. The Bertz CT molecular complexity index is 3250. The van der Waals surface area contributed by atoms with Crippen molar-refractivity contribution in [3.63, 3.8) is 0 Å². The highest BCUT2D eigenvalue weighted by atomic mass is 16.3. The lowest BCUT2D eigenvalue weighted by Gasteiger charge is -2.12.